The Morgan fingerprint density at radius 1 is 1.67 bits per heavy atom. The Bertz CT molecular complexity index is 357. The van der Waals surface area contributed by atoms with Crippen LogP contribution in [-0.2, 0) is 4.79 Å². The quantitative estimate of drug-likeness (QED) is 0.747. The van der Waals surface area contributed by atoms with Crippen LogP contribution in [0, 0.1) is 5.82 Å². The second-order valence-corrected chi connectivity index (χ2v) is 3.13. The van der Waals surface area contributed by atoms with Crippen molar-refractivity contribution in [3.05, 3.63) is 30.1 Å². The zero-order valence-corrected chi connectivity index (χ0v) is 8.35. The average Bonchev–Trinajstić information content (AvgIpc) is 2.26. The molecule has 0 spiro atoms. The van der Waals surface area contributed by atoms with Crippen LogP contribution in [0.15, 0.2) is 24.3 Å². The smallest absolute Gasteiger partial charge is 0.256 e. The second kappa shape index (κ2) is 4.86. The molecule has 1 amide bonds. The van der Waals surface area contributed by atoms with Gasteiger partial charge in [-0.15, -0.1) is 0 Å². The van der Waals surface area contributed by atoms with Crippen LogP contribution >= 0.6 is 0 Å². The molecule has 0 aliphatic rings. The van der Waals surface area contributed by atoms with E-state index < -0.39 is 17.8 Å². The Balaban J connectivity index is 2.85. The third kappa shape index (κ3) is 2.74. The monoisotopic (exact) mass is 212 g/mol. The molecular formula is C10H13FN2O2. The van der Waals surface area contributed by atoms with Crippen molar-refractivity contribution >= 4 is 11.6 Å². The van der Waals surface area contributed by atoms with Gasteiger partial charge in [0.05, 0.1) is 0 Å². The van der Waals surface area contributed by atoms with Gasteiger partial charge in [-0.2, -0.15) is 0 Å². The summed E-state index contributed by atoms with van der Waals surface area (Å²) in [7, 11) is 1.45. The molecule has 82 valence electrons. The van der Waals surface area contributed by atoms with Gasteiger partial charge >= 0.3 is 0 Å². The van der Waals surface area contributed by atoms with E-state index in [4.69, 9.17) is 5.73 Å². The Morgan fingerprint density at radius 2 is 2.33 bits per heavy atom. The largest absolute Gasteiger partial charge is 0.382 e. The molecule has 1 atom stereocenters. The van der Waals surface area contributed by atoms with Crippen molar-refractivity contribution in [2.45, 2.75) is 6.10 Å². The van der Waals surface area contributed by atoms with E-state index in [1.165, 1.54) is 30.1 Å². The number of rotatable bonds is 3. The lowest BCUT2D eigenvalue weighted by Gasteiger charge is -2.19. The molecule has 4 nitrogen and oxygen atoms in total. The van der Waals surface area contributed by atoms with E-state index in [0.29, 0.717) is 5.69 Å². The standard InChI is InChI=1S/C10H13FN2O2/c1-13(10(15)9(14)6-12)8-4-2-3-7(11)5-8/h2-5,9,14H,6,12H2,1H3. The molecule has 1 aromatic carbocycles. The van der Waals surface area contributed by atoms with Gasteiger partial charge in [-0.1, -0.05) is 6.07 Å². The summed E-state index contributed by atoms with van der Waals surface area (Å²) < 4.78 is 12.8. The van der Waals surface area contributed by atoms with Crippen LogP contribution in [0.5, 0.6) is 0 Å². The zero-order chi connectivity index (χ0) is 11.4. The third-order valence-corrected chi connectivity index (χ3v) is 2.03. The Morgan fingerprint density at radius 3 is 2.87 bits per heavy atom. The predicted octanol–water partition coefficient (Wildman–Crippen LogP) is 0.108. The maximum Gasteiger partial charge on any atom is 0.256 e. The van der Waals surface area contributed by atoms with Crippen LogP contribution < -0.4 is 10.6 Å². The van der Waals surface area contributed by atoms with E-state index in [2.05, 4.69) is 0 Å². The van der Waals surface area contributed by atoms with Crippen molar-refractivity contribution in [2.24, 2.45) is 5.73 Å². The van der Waals surface area contributed by atoms with E-state index in [9.17, 15) is 14.3 Å². The number of aliphatic hydroxyl groups excluding tert-OH is 1. The van der Waals surface area contributed by atoms with E-state index in [1.54, 1.807) is 6.07 Å². The highest BCUT2D eigenvalue weighted by atomic mass is 19.1. The minimum Gasteiger partial charge on any atom is -0.382 e. The van der Waals surface area contributed by atoms with Gasteiger partial charge in [0.15, 0.2) is 0 Å². The zero-order valence-electron chi connectivity index (χ0n) is 8.35. The van der Waals surface area contributed by atoms with Gasteiger partial charge in [-0.05, 0) is 18.2 Å². The van der Waals surface area contributed by atoms with Gasteiger partial charge in [0.25, 0.3) is 5.91 Å². The highest BCUT2D eigenvalue weighted by Gasteiger charge is 2.18. The molecule has 0 aliphatic heterocycles. The van der Waals surface area contributed by atoms with E-state index >= 15 is 0 Å². The van der Waals surface area contributed by atoms with E-state index in [1.807, 2.05) is 0 Å². The Hall–Kier alpha value is -1.46. The van der Waals surface area contributed by atoms with Gasteiger partial charge in [-0.3, -0.25) is 4.79 Å². The number of nitrogens with zero attached hydrogens (tertiary/aromatic N) is 1. The number of benzene rings is 1. The van der Waals surface area contributed by atoms with Crippen LogP contribution in [0.2, 0.25) is 0 Å². The number of nitrogens with two attached hydrogens (primary N) is 1. The van der Waals surface area contributed by atoms with Gasteiger partial charge in [0, 0.05) is 19.3 Å². The summed E-state index contributed by atoms with van der Waals surface area (Å²) in [6.45, 7) is -0.154. The molecule has 0 saturated carbocycles. The number of halogens is 1. The van der Waals surface area contributed by atoms with E-state index in [-0.39, 0.29) is 6.54 Å². The molecule has 0 saturated heterocycles. The number of likely N-dealkylation sites (N-methyl/N-ethyl adjacent to an activating group) is 1. The van der Waals surface area contributed by atoms with Crippen LogP contribution in [0.3, 0.4) is 0 Å². The minimum atomic E-state index is -1.25. The first-order valence-electron chi connectivity index (χ1n) is 4.47. The minimum absolute atomic E-state index is 0.154. The van der Waals surface area contributed by atoms with Crippen molar-refractivity contribution in [2.75, 3.05) is 18.5 Å². The van der Waals surface area contributed by atoms with Crippen molar-refractivity contribution in [1.82, 2.24) is 0 Å². The lowest BCUT2D eigenvalue weighted by atomic mass is 10.2. The molecule has 1 aromatic rings. The Kier molecular flexibility index (Phi) is 3.76. The molecule has 0 radical (unpaired) electrons. The SMILES string of the molecule is CN(C(=O)C(O)CN)c1cccc(F)c1. The summed E-state index contributed by atoms with van der Waals surface area (Å²) in [6.07, 6.45) is -1.25. The first-order valence-corrected chi connectivity index (χ1v) is 4.47. The highest BCUT2D eigenvalue weighted by molar-refractivity contribution is 5.95. The lowest BCUT2D eigenvalue weighted by molar-refractivity contribution is -0.125. The Labute approximate surface area is 87.1 Å². The van der Waals surface area contributed by atoms with Crippen LogP contribution in [0.4, 0.5) is 10.1 Å². The fourth-order valence-electron chi connectivity index (χ4n) is 1.14. The summed E-state index contributed by atoms with van der Waals surface area (Å²) in [5.41, 5.74) is 5.53. The number of carbonyl (C=O) groups excluding carboxylic acids is 1. The van der Waals surface area contributed by atoms with Gasteiger partial charge in [0.1, 0.15) is 11.9 Å². The number of amides is 1. The molecule has 1 rings (SSSR count). The fourth-order valence-corrected chi connectivity index (χ4v) is 1.14. The first-order chi connectivity index (χ1) is 7.06. The molecule has 0 bridgehead atoms. The maximum atomic E-state index is 12.8. The van der Waals surface area contributed by atoms with Crippen LogP contribution in [-0.4, -0.2) is 30.7 Å². The van der Waals surface area contributed by atoms with Gasteiger partial charge < -0.3 is 15.7 Å². The van der Waals surface area contributed by atoms with Crippen LogP contribution in [0.25, 0.3) is 0 Å². The topological polar surface area (TPSA) is 66.6 Å². The van der Waals surface area contributed by atoms with Crippen molar-refractivity contribution < 1.29 is 14.3 Å². The summed E-state index contributed by atoms with van der Waals surface area (Å²) in [4.78, 5) is 12.6. The second-order valence-electron chi connectivity index (χ2n) is 3.13. The molecule has 0 fully saturated rings. The lowest BCUT2D eigenvalue weighted by Crippen LogP contribution is -2.40. The number of carbonyl (C=O) groups is 1. The van der Waals surface area contributed by atoms with Crippen molar-refractivity contribution in [3.8, 4) is 0 Å². The fraction of sp³-hybridized carbons (Fsp3) is 0.300. The summed E-state index contributed by atoms with van der Waals surface area (Å²) in [6, 6.07) is 5.55. The normalized spacial score (nSPS) is 12.3. The predicted molar refractivity (Wildman–Crippen MR) is 54.9 cm³/mol. The molecule has 15 heavy (non-hydrogen) atoms. The molecular weight excluding hydrogens is 199 g/mol. The molecule has 0 aromatic heterocycles. The van der Waals surface area contributed by atoms with E-state index in [0.717, 1.165) is 0 Å². The summed E-state index contributed by atoms with van der Waals surface area (Å²) in [5.74, 6) is -0.988. The molecule has 0 aliphatic carbocycles. The van der Waals surface area contributed by atoms with Gasteiger partial charge in [0.2, 0.25) is 0 Å². The maximum absolute atomic E-state index is 12.8. The summed E-state index contributed by atoms with van der Waals surface area (Å²) in [5, 5.41) is 9.22. The third-order valence-electron chi connectivity index (χ3n) is 2.03. The number of hydrogen-bond donors (Lipinski definition) is 2. The van der Waals surface area contributed by atoms with Crippen molar-refractivity contribution in [1.29, 1.82) is 0 Å². The van der Waals surface area contributed by atoms with Crippen LogP contribution in [0.1, 0.15) is 0 Å². The number of anilines is 1. The first kappa shape index (κ1) is 11.6. The number of aliphatic hydroxyl groups is 1. The van der Waals surface area contributed by atoms with Gasteiger partial charge in [-0.25, -0.2) is 4.39 Å². The highest BCUT2D eigenvalue weighted by Crippen LogP contribution is 2.14. The molecule has 1 unspecified atom stereocenters. The molecule has 3 N–H and O–H groups in total. The molecule has 5 heteroatoms. The molecule has 0 heterocycles. The number of hydrogen-bond acceptors (Lipinski definition) is 3. The average molecular weight is 212 g/mol. The van der Waals surface area contributed by atoms with Crippen molar-refractivity contribution in [3.63, 3.8) is 0 Å². The summed E-state index contributed by atoms with van der Waals surface area (Å²) >= 11 is 0.